The van der Waals surface area contributed by atoms with E-state index in [4.69, 9.17) is 11.6 Å². The maximum atomic E-state index is 11.0. The molecule has 1 saturated heterocycles. The Kier molecular flexibility index (Phi) is 4.36. The number of alkyl carbamates (subject to hydrolysis) is 1. The Morgan fingerprint density at radius 1 is 1.53 bits per heavy atom. The lowest BCUT2D eigenvalue weighted by Crippen LogP contribution is -2.29. The second kappa shape index (κ2) is 5.55. The van der Waals surface area contributed by atoms with E-state index in [1.54, 1.807) is 0 Å². The molecule has 7 heteroatoms. The fourth-order valence-electron chi connectivity index (χ4n) is 1.07. The van der Waals surface area contributed by atoms with Crippen LogP contribution < -0.4 is 5.32 Å². The fourth-order valence-corrected chi connectivity index (χ4v) is 1.15. The van der Waals surface area contributed by atoms with E-state index in [-0.39, 0.29) is 25.3 Å². The number of esters is 2. The van der Waals surface area contributed by atoms with Gasteiger partial charge in [0.2, 0.25) is 0 Å². The number of halogens is 1. The van der Waals surface area contributed by atoms with Crippen molar-refractivity contribution in [3.63, 3.8) is 0 Å². The summed E-state index contributed by atoms with van der Waals surface area (Å²) in [7, 11) is 0. The third-order valence-corrected chi connectivity index (χ3v) is 1.90. The van der Waals surface area contributed by atoms with Crippen LogP contribution in [-0.2, 0) is 19.1 Å². The summed E-state index contributed by atoms with van der Waals surface area (Å²) in [5.74, 6) is -0.886. The highest BCUT2D eigenvalue weighted by Crippen LogP contribution is 2.07. The predicted octanol–water partition coefficient (Wildman–Crippen LogP) is 0.184. The molecular formula is C8H10ClNO5. The molecule has 1 rings (SSSR count). The van der Waals surface area contributed by atoms with Gasteiger partial charge < -0.3 is 14.8 Å². The Hall–Kier alpha value is -1.30. The molecule has 1 aliphatic rings. The number of nitrogens with one attached hydrogen (secondary N) is 1. The maximum absolute atomic E-state index is 11.0. The number of hydrogen-bond acceptors (Lipinski definition) is 5. The largest absolute Gasteiger partial charge is 0.464 e. The van der Waals surface area contributed by atoms with E-state index in [9.17, 15) is 14.4 Å². The number of carbonyl (C=O) groups excluding carboxylic acids is 3. The smallest absolute Gasteiger partial charge is 0.415 e. The second-order valence-corrected chi connectivity index (χ2v) is 3.23. The van der Waals surface area contributed by atoms with E-state index in [1.165, 1.54) is 0 Å². The molecule has 1 heterocycles. The minimum atomic E-state index is -0.779. The van der Waals surface area contributed by atoms with Crippen LogP contribution in [0.3, 0.4) is 0 Å². The van der Waals surface area contributed by atoms with Crippen molar-refractivity contribution >= 4 is 29.6 Å². The van der Waals surface area contributed by atoms with Gasteiger partial charge >= 0.3 is 18.0 Å². The molecule has 1 fully saturated rings. The molecule has 84 valence electrons. The highest BCUT2D eigenvalue weighted by atomic mass is 35.5. The van der Waals surface area contributed by atoms with Crippen molar-refractivity contribution < 1.29 is 23.9 Å². The van der Waals surface area contributed by atoms with E-state index < -0.39 is 24.1 Å². The number of rotatable bonds is 5. The normalized spacial score (nSPS) is 19.7. The number of cyclic esters (lactones) is 2. The fraction of sp³-hybridized carbons (Fsp3) is 0.625. The summed E-state index contributed by atoms with van der Waals surface area (Å²) >= 11 is 5.31. The van der Waals surface area contributed by atoms with Crippen LogP contribution in [-0.4, -0.2) is 36.6 Å². The molecule has 15 heavy (non-hydrogen) atoms. The molecule has 1 N–H and O–H groups in total. The van der Waals surface area contributed by atoms with Crippen LogP contribution in [0.5, 0.6) is 0 Å². The Morgan fingerprint density at radius 3 is 2.80 bits per heavy atom. The van der Waals surface area contributed by atoms with Crippen LogP contribution >= 0.6 is 11.6 Å². The summed E-state index contributed by atoms with van der Waals surface area (Å²) in [6.45, 7) is 0.141. The Bertz CT molecular complexity index is 280. The molecule has 0 saturated carbocycles. The lowest BCUT2D eigenvalue weighted by molar-refractivity contribution is -0.143. The predicted molar refractivity (Wildman–Crippen MR) is 49.3 cm³/mol. The third kappa shape index (κ3) is 3.75. The molecular weight excluding hydrogens is 226 g/mol. The van der Waals surface area contributed by atoms with Crippen LogP contribution in [0.2, 0.25) is 0 Å². The Morgan fingerprint density at radius 2 is 2.27 bits per heavy atom. The van der Waals surface area contributed by atoms with Gasteiger partial charge in [-0.2, -0.15) is 0 Å². The molecule has 1 atom stereocenters. The summed E-state index contributed by atoms with van der Waals surface area (Å²) in [4.78, 5) is 32.5. The standard InChI is InChI=1S/C8H10ClNO5/c9-3-4-14-6(11)2-1-5-7(12)15-8(13)10-5/h5H,1-4H2,(H,10,13). The quantitative estimate of drug-likeness (QED) is 0.418. The van der Waals surface area contributed by atoms with Gasteiger partial charge in [0, 0.05) is 6.42 Å². The number of amides is 1. The van der Waals surface area contributed by atoms with Crippen LogP contribution in [0.1, 0.15) is 12.8 Å². The third-order valence-electron chi connectivity index (χ3n) is 1.75. The highest BCUT2D eigenvalue weighted by Gasteiger charge is 2.32. The van der Waals surface area contributed by atoms with Gasteiger partial charge in [0.05, 0.1) is 5.88 Å². The van der Waals surface area contributed by atoms with Gasteiger partial charge in [-0.25, -0.2) is 9.59 Å². The van der Waals surface area contributed by atoms with Gasteiger partial charge in [0.1, 0.15) is 12.6 Å². The summed E-state index contributed by atoms with van der Waals surface area (Å²) < 4.78 is 8.90. The first kappa shape index (κ1) is 11.8. The minimum Gasteiger partial charge on any atom is -0.464 e. The van der Waals surface area contributed by atoms with E-state index in [0.717, 1.165) is 0 Å². The van der Waals surface area contributed by atoms with Crippen molar-refractivity contribution in [2.24, 2.45) is 0 Å². The first-order chi connectivity index (χ1) is 7.13. The molecule has 0 aliphatic carbocycles. The van der Waals surface area contributed by atoms with Crippen LogP contribution in [0.15, 0.2) is 0 Å². The van der Waals surface area contributed by atoms with E-state index in [0.29, 0.717) is 0 Å². The van der Waals surface area contributed by atoms with Crippen molar-refractivity contribution in [3.8, 4) is 0 Å². The number of hydrogen-bond donors (Lipinski definition) is 1. The SMILES string of the molecule is O=C(CCC1NC(=O)OC1=O)OCCCl. The van der Waals surface area contributed by atoms with Crippen LogP contribution in [0.25, 0.3) is 0 Å². The number of alkyl halides is 1. The Balaban J connectivity index is 2.22. The topological polar surface area (TPSA) is 81.7 Å². The molecule has 0 bridgehead atoms. The molecule has 1 amide bonds. The first-order valence-electron chi connectivity index (χ1n) is 4.37. The van der Waals surface area contributed by atoms with Crippen molar-refractivity contribution in [2.45, 2.75) is 18.9 Å². The monoisotopic (exact) mass is 235 g/mol. The van der Waals surface area contributed by atoms with Crippen molar-refractivity contribution in [1.29, 1.82) is 0 Å². The molecule has 1 unspecified atom stereocenters. The van der Waals surface area contributed by atoms with Gasteiger partial charge in [-0.3, -0.25) is 4.79 Å². The molecule has 0 aromatic rings. The van der Waals surface area contributed by atoms with Gasteiger partial charge in [-0.1, -0.05) is 0 Å². The lowest BCUT2D eigenvalue weighted by atomic mass is 10.2. The average molecular weight is 236 g/mol. The second-order valence-electron chi connectivity index (χ2n) is 2.85. The summed E-state index contributed by atoms with van der Waals surface area (Å²) in [5.41, 5.74) is 0. The van der Waals surface area contributed by atoms with Crippen molar-refractivity contribution in [2.75, 3.05) is 12.5 Å². The zero-order valence-corrected chi connectivity index (χ0v) is 8.58. The summed E-state index contributed by atoms with van der Waals surface area (Å²) in [6.07, 6.45) is -0.568. The zero-order chi connectivity index (χ0) is 11.3. The van der Waals surface area contributed by atoms with E-state index in [2.05, 4.69) is 14.8 Å². The zero-order valence-electron chi connectivity index (χ0n) is 7.82. The molecule has 0 spiro atoms. The first-order valence-corrected chi connectivity index (χ1v) is 4.90. The molecule has 6 nitrogen and oxygen atoms in total. The number of ether oxygens (including phenoxy) is 2. The van der Waals surface area contributed by atoms with Crippen molar-refractivity contribution in [1.82, 2.24) is 5.32 Å². The molecule has 0 aromatic carbocycles. The molecule has 1 aliphatic heterocycles. The van der Waals surface area contributed by atoms with Gasteiger partial charge in [0.15, 0.2) is 0 Å². The van der Waals surface area contributed by atoms with Crippen LogP contribution in [0, 0.1) is 0 Å². The lowest BCUT2D eigenvalue weighted by Gasteiger charge is -2.05. The van der Waals surface area contributed by atoms with Crippen molar-refractivity contribution in [3.05, 3.63) is 0 Å². The van der Waals surface area contributed by atoms with E-state index >= 15 is 0 Å². The van der Waals surface area contributed by atoms with Crippen LogP contribution in [0.4, 0.5) is 4.79 Å². The molecule has 0 aromatic heterocycles. The highest BCUT2D eigenvalue weighted by molar-refractivity contribution is 6.18. The van der Waals surface area contributed by atoms with Gasteiger partial charge in [0.25, 0.3) is 0 Å². The minimum absolute atomic E-state index is 0.0386. The van der Waals surface area contributed by atoms with Gasteiger partial charge in [-0.05, 0) is 6.42 Å². The van der Waals surface area contributed by atoms with E-state index in [1.807, 2.05) is 0 Å². The number of carbonyl (C=O) groups is 3. The maximum Gasteiger partial charge on any atom is 0.415 e. The average Bonchev–Trinajstić information content (AvgIpc) is 2.51. The molecule has 0 radical (unpaired) electrons. The van der Waals surface area contributed by atoms with Gasteiger partial charge in [-0.15, -0.1) is 11.6 Å². The summed E-state index contributed by atoms with van der Waals surface area (Å²) in [5, 5.41) is 2.27. The summed E-state index contributed by atoms with van der Waals surface area (Å²) in [6, 6.07) is -0.749. The Labute approximate surface area is 90.9 Å².